The minimum absolute atomic E-state index is 0.0477. The molecule has 2 atom stereocenters. The van der Waals surface area contributed by atoms with Crippen LogP contribution in [-0.4, -0.2) is 28.8 Å². The Morgan fingerprint density at radius 3 is 2.44 bits per heavy atom. The molecule has 0 heterocycles. The molecule has 0 aromatic heterocycles. The van der Waals surface area contributed by atoms with Gasteiger partial charge in [-0.1, -0.05) is 12.1 Å². The van der Waals surface area contributed by atoms with Crippen LogP contribution in [0.2, 0.25) is 0 Å². The Morgan fingerprint density at radius 2 is 1.94 bits per heavy atom. The van der Waals surface area contributed by atoms with Gasteiger partial charge in [0.15, 0.2) is 0 Å². The molecule has 0 fully saturated rings. The van der Waals surface area contributed by atoms with Gasteiger partial charge in [0.2, 0.25) is 5.91 Å². The fourth-order valence-corrected chi connectivity index (χ4v) is 1.24. The zero-order chi connectivity index (χ0) is 12.1. The average molecular weight is 227 g/mol. The number of carbonyl (C=O) groups excluding carboxylic acids is 1. The third-order valence-corrected chi connectivity index (χ3v) is 2.14. The van der Waals surface area contributed by atoms with Crippen LogP contribution in [0.25, 0.3) is 0 Å². The molecular weight excluding hydrogens is 213 g/mol. The molecule has 88 valence electrons. The van der Waals surface area contributed by atoms with Gasteiger partial charge in [0.25, 0.3) is 0 Å². The van der Waals surface area contributed by atoms with E-state index in [4.69, 9.17) is 0 Å². The zero-order valence-electron chi connectivity index (χ0n) is 8.85. The highest BCUT2D eigenvalue weighted by Gasteiger charge is 2.18. The monoisotopic (exact) mass is 227 g/mol. The topological polar surface area (TPSA) is 69.6 Å². The molecule has 0 saturated heterocycles. The summed E-state index contributed by atoms with van der Waals surface area (Å²) in [5.74, 6) is -0.697. The Bertz CT molecular complexity index is 353. The van der Waals surface area contributed by atoms with E-state index in [9.17, 15) is 19.4 Å². The third kappa shape index (κ3) is 3.60. The molecule has 0 aliphatic rings. The van der Waals surface area contributed by atoms with E-state index in [2.05, 4.69) is 5.32 Å². The maximum atomic E-state index is 12.6. The molecule has 0 radical (unpaired) electrons. The van der Waals surface area contributed by atoms with Crippen molar-refractivity contribution in [3.63, 3.8) is 0 Å². The first-order chi connectivity index (χ1) is 7.50. The molecule has 5 heteroatoms. The highest BCUT2D eigenvalue weighted by atomic mass is 19.1. The predicted molar refractivity (Wildman–Crippen MR) is 56.1 cm³/mol. The van der Waals surface area contributed by atoms with Gasteiger partial charge in [-0.25, -0.2) is 4.39 Å². The van der Waals surface area contributed by atoms with Crippen LogP contribution in [0.4, 0.5) is 4.39 Å². The standard InChI is InChI=1S/C11H14FNO3/c1-7(14)13-6-10(15)11(16)8-2-4-9(12)5-3-8/h2-5,10-11,15-16H,6H2,1H3,(H,13,14). The number of rotatable bonds is 4. The second kappa shape index (κ2) is 5.58. The predicted octanol–water partition coefficient (Wildman–Crippen LogP) is 0.356. The van der Waals surface area contributed by atoms with Crippen molar-refractivity contribution in [1.29, 1.82) is 0 Å². The van der Waals surface area contributed by atoms with E-state index in [0.717, 1.165) is 0 Å². The second-order valence-electron chi connectivity index (χ2n) is 3.50. The second-order valence-corrected chi connectivity index (χ2v) is 3.50. The summed E-state index contributed by atoms with van der Waals surface area (Å²) in [6.45, 7) is 1.27. The molecule has 0 bridgehead atoms. The zero-order valence-corrected chi connectivity index (χ0v) is 8.85. The molecule has 1 aromatic carbocycles. The van der Waals surface area contributed by atoms with Gasteiger partial charge in [-0.2, -0.15) is 0 Å². The highest BCUT2D eigenvalue weighted by molar-refractivity contribution is 5.72. The number of aliphatic hydroxyl groups excluding tert-OH is 2. The molecule has 4 nitrogen and oxygen atoms in total. The lowest BCUT2D eigenvalue weighted by molar-refractivity contribution is -0.119. The highest BCUT2D eigenvalue weighted by Crippen LogP contribution is 2.16. The van der Waals surface area contributed by atoms with Crippen LogP contribution in [0.5, 0.6) is 0 Å². The molecule has 0 saturated carbocycles. The minimum atomic E-state index is -1.15. The molecule has 3 N–H and O–H groups in total. The fraction of sp³-hybridized carbons (Fsp3) is 0.364. The molecule has 1 rings (SSSR count). The van der Waals surface area contributed by atoms with E-state index < -0.39 is 18.0 Å². The van der Waals surface area contributed by atoms with Gasteiger partial charge >= 0.3 is 0 Å². The number of hydrogen-bond donors (Lipinski definition) is 3. The largest absolute Gasteiger partial charge is 0.388 e. The molecule has 2 unspecified atom stereocenters. The summed E-state index contributed by atoms with van der Waals surface area (Å²) in [5, 5.41) is 21.6. The van der Waals surface area contributed by atoms with Crippen molar-refractivity contribution in [1.82, 2.24) is 5.32 Å². The SMILES string of the molecule is CC(=O)NCC(O)C(O)c1ccc(F)cc1. The van der Waals surface area contributed by atoms with Crippen molar-refractivity contribution in [2.45, 2.75) is 19.1 Å². The van der Waals surface area contributed by atoms with Crippen LogP contribution >= 0.6 is 0 Å². The summed E-state index contributed by atoms with van der Waals surface area (Å²) in [6, 6.07) is 5.17. The maximum absolute atomic E-state index is 12.6. The van der Waals surface area contributed by atoms with Gasteiger partial charge in [-0.3, -0.25) is 4.79 Å². The average Bonchev–Trinajstić information content (AvgIpc) is 2.26. The van der Waals surface area contributed by atoms with Gasteiger partial charge in [0, 0.05) is 13.5 Å². The molecular formula is C11H14FNO3. The number of nitrogens with one attached hydrogen (secondary N) is 1. The normalized spacial score (nSPS) is 14.2. The number of carbonyl (C=O) groups is 1. The van der Waals surface area contributed by atoms with Crippen molar-refractivity contribution in [3.8, 4) is 0 Å². The Hall–Kier alpha value is -1.46. The molecule has 0 aliphatic carbocycles. The van der Waals surface area contributed by atoms with Crippen LogP contribution in [0.1, 0.15) is 18.6 Å². The summed E-state index contributed by atoms with van der Waals surface area (Å²) in [6.07, 6.45) is -2.26. The van der Waals surface area contributed by atoms with Crippen LogP contribution in [-0.2, 0) is 4.79 Å². The van der Waals surface area contributed by atoms with Gasteiger partial charge < -0.3 is 15.5 Å². The van der Waals surface area contributed by atoms with E-state index in [1.54, 1.807) is 0 Å². The lowest BCUT2D eigenvalue weighted by Gasteiger charge is -2.18. The molecule has 1 amide bonds. The maximum Gasteiger partial charge on any atom is 0.216 e. The number of amides is 1. The summed E-state index contributed by atoms with van der Waals surface area (Å²) >= 11 is 0. The smallest absolute Gasteiger partial charge is 0.216 e. The number of hydrogen-bond acceptors (Lipinski definition) is 3. The van der Waals surface area contributed by atoms with E-state index in [1.807, 2.05) is 0 Å². The van der Waals surface area contributed by atoms with Gasteiger partial charge in [-0.05, 0) is 17.7 Å². The van der Waals surface area contributed by atoms with Crippen molar-refractivity contribution in [2.75, 3.05) is 6.54 Å². The van der Waals surface area contributed by atoms with Crippen LogP contribution < -0.4 is 5.32 Å². The number of benzene rings is 1. The Balaban J connectivity index is 2.59. The van der Waals surface area contributed by atoms with Crippen molar-refractivity contribution >= 4 is 5.91 Å². The Labute approximate surface area is 92.7 Å². The summed E-state index contributed by atoms with van der Waals surface area (Å²) in [7, 11) is 0. The molecule has 0 spiro atoms. The van der Waals surface area contributed by atoms with E-state index in [1.165, 1.54) is 31.2 Å². The molecule has 0 aliphatic heterocycles. The molecule has 16 heavy (non-hydrogen) atoms. The van der Waals surface area contributed by atoms with Crippen molar-refractivity contribution < 1.29 is 19.4 Å². The minimum Gasteiger partial charge on any atom is -0.388 e. The Kier molecular flexibility index (Phi) is 4.39. The van der Waals surface area contributed by atoms with Gasteiger partial charge in [0.05, 0.1) is 0 Å². The first-order valence-corrected chi connectivity index (χ1v) is 4.86. The summed E-state index contributed by atoms with van der Waals surface area (Å²) in [4.78, 5) is 10.6. The van der Waals surface area contributed by atoms with E-state index >= 15 is 0 Å². The number of halogens is 1. The van der Waals surface area contributed by atoms with Crippen LogP contribution in [0, 0.1) is 5.82 Å². The Morgan fingerprint density at radius 1 is 1.38 bits per heavy atom. The van der Waals surface area contributed by atoms with Crippen LogP contribution in [0.15, 0.2) is 24.3 Å². The van der Waals surface area contributed by atoms with Crippen molar-refractivity contribution in [2.24, 2.45) is 0 Å². The van der Waals surface area contributed by atoms with Crippen molar-refractivity contribution in [3.05, 3.63) is 35.6 Å². The van der Waals surface area contributed by atoms with Gasteiger partial charge in [-0.15, -0.1) is 0 Å². The first kappa shape index (κ1) is 12.6. The first-order valence-electron chi connectivity index (χ1n) is 4.86. The van der Waals surface area contributed by atoms with E-state index in [-0.39, 0.29) is 12.5 Å². The summed E-state index contributed by atoms with van der Waals surface area (Å²) in [5.41, 5.74) is 0.402. The molecule has 1 aromatic rings. The number of aliphatic hydroxyl groups is 2. The lowest BCUT2D eigenvalue weighted by Crippen LogP contribution is -2.34. The van der Waals surface area contributed by atoms with E-state index in [0.29, 0.717) is 5.56 Å². The quantitative estimate of drug-likeness (QED) is 0.695. The third-order valence-electron chi connectivity index (χ3n) is 2.14. The van der Waals surface area contributed by atoms with Crippen LogP contribution in [0.3, 0.4) is 0 Å². The summed E-state index contributed by atoms with van der Waals surface area (Å²) < 4.78 is 12.6. The lowest BCUT2D eigenvalue weighted by atomic mass is 10.0. The fourth-order valence-electron chi connectivity index (χ4n) is 1.24. The van der Waals surface area contributed by atoms with Gasteiger partial charge in [0.1, 0.15) is 18.0 Å².